The molecule has 28 heavy (non-hydrogen) atoms. The Balaban J connectivity index is 1.98. The number of alkyl halides is 3. The molecule has 3 aromatic heterocycles. The van der Waals surface area contributed by atoms with E-state index in [0.717, 1.165) is 12.1 Å². The Morgan fingerprint density at radius 2 is 1.86 bits per heavy atom. The number of nitrogens with zero attached hydrogens (tertiary/aromatic N) is 5. The summed E-state index contributed by atoms with van der Waals surface area (Å²) in [7, 11) is 1.45. The fraction of sp³-hybridized carbons (Fsp3) is 0.111. The van der Waals surface area contributed by atoms with Crippen LogP contribution in [0.4, 0.5) is 13.2 Å². The molecule has 0 bridgehead atoms. The van der Waals surface area contributed by atoms with Crippen molar-refractivity contribution in [2.24, 2.45) is 0 Å². The Bertz CT molecular complexity index is 1140. The van der Waals surface area contributed by atoms with Crippen molar-refractivity contribution in [1.82, 2.24) is 24.7 Å². The van der Waals surface area contributed by atoms with Crippen molar-refractivity contribution in [3.05, 3.63) is 54.2 Å². The molecule has 3 heterocycles. The van der Waals surface area contributed by atoms with Crippen LogP contribution in [-0.4, -0.2) is 36.9 Å². The number of aromatic nitrogens is 5. The van der Waals surface area contributed by atoms with Crippen LogP contribution in [0.2, 0.25) is 0 Å². The Kier molecular flexibility index (Phi) is 4.10. The first kappa shape index (κ1) is 17.7. The van der Waals surface area contributed by atoms with Crippen LogP contribution < -0.4 is 4.74 Å². The summed E-state index contributed by atoms with van der Waals surface area (Å²) in [5.74, 6) is 0.827. The summed E-state index contributed by atoms with van der Waals surface area (Å²) < 4.78 is 45.8. The lowest BCUT2D eigenvalue weighted by atomic mass is 10.2. The van der Waals surface area contributed by atoms with Gasteiger partial charge in [0.25, 0.3) is 0 Å². The van der Waals surface area contributed by atoms with E-state index in [9.17, 15) is 18.3 Å². The zero-order valence-electron chi connectivity index (χ0n) is 14.3. The van der Waals surface area contributed by atoms with Crippen molar-refractivity contribution in [3.8, 4) is 29.0 Å². The summed E-state index contributed by atoms with van der Waals surface area (Å²) >= 11 is 0. The maximum Gasteiger partial charge on any atom is 0.416 e. The summed E-state index contributed by atoms with van der Waals surface area (Å²) in [5.41, 5.74) is 0.0607. The van der Waals surface area contributed by atoms with Gasteiger partial charge in [-0.15, -0.1) is 10.2 Å². The summed E-state index contributed by atoms with van der Waals surface area (Å²) in [4.78, 5) is 8.43. The lowest BCUT2D eigenvalue weighted by molar-refractivity contribution is -0.137. The van der Waals surface area contributed by atoms with Crippen LogP contribution in [0.3, 0.4) is 0 Å². The second-order valence-corrected chi connectivity index (χ2v) is 5.81. The first-order valence-corrected chi connectivity index (χ1v) is 8.00. The van der Waals surface area contributed by atoms with E-state index >= 15 is 0 Å². The number of methoxy groups -OCH3 is 1. The van der Waals surface area contributed by atoms with Gasteiger partial charge < -0.3 is 9.84 Å². The van der Waals surface area contributed by atoms with Gasteiger partial charge in [0.15, 0.2) is 11.6 Å². The van der Waals surface area contributed by atoms with Crippen LogP contribution in [0.15, 0.2) is 48.7 Å². The van der Waals surface area contributed by atoms with Crippen molar-refractivity contribution in [2.45, 2.75) is 6.18 Å². The molecule has 4 rings (SSSR count). The molecule has 10 heteroatoms. The number of rotatable bonds is 3. The predicted molar refractivity (Wildman–Crippen MR) is 93.1 cm³/mol. The maximum atomic E-state index is 13.1. The normalized spacial score (nSPS) is 11.7. The predicted octanol–water partition coefficient (Wildman–Crippen LogP) is 3.61. The van der Waals surface area contributed by atoms with Gasteiger partial charge in [0.05, 0.1) is 29.9 Å². The molecule has 0 fully saturated rings. The fourth-order valence-electron chi connectivity index (χ4n) is 2.72. The van der Waals surface area contributed by atoms with Crippen LogP contribution in [0.25, 0.3) is 28.4 Å². The third kappa shape index (κ3) is 3.08. The van der Waals surface area contributed by atoms with Gasteiger partial charge in [-0.05, 0) is 36.4 Å². The first-order chi connectivity index (χ1) is 13.4. The van der Waals surface area contributed by atoms with Crippen molar-refractivity contribution in [3.63, 3.8) is 0 Å². The highest BCUT2D eigenvalue weighted by Gasteiger charge is 2.31. The molecule has 0 aliphatic rings. The highest BCUT2D eigenvalue weighted by atomic mass is 19.4. The van der Waals surface area contributed by atoms with Gasteiger partial charge in [0.1, 0.15) is 11.4 Å². The lowest BCUT2D eigenvalue weighted by Gasteiger charge is -2.09. The quantitative estimate of drug-likeness (QED) is 0.578. The fourth-order valence-corrected chi connectivity index (χ4v) is 2.72. The van der Waals surface area contributed by atoms with Crippen molar-refractivity contribution in [1.29, 1.82) is 0 Å². The van der Waals surface area contributed by atoms with E-state index in [1.165, 1.54) is 31.5 Å². The number of fused-ring (bicyclic) bond motifs is 1. The molecule has 0 aliphatic heterocycles. The van der Waals surface area contributed by atoms with Gasteiger partial charge in [-0.1, -0.05) is 0 Å². The van der Waals surface area contributed by atoms with Crippen LogP contribution >= 0.6 is 0 Å². The second-order valence-electron chi connectivity index (χ2n) is 5.81. The number of hydrogen-bond donors (Lipinski definition) is 1. The van der Waals surface area contributed by atoms with Crippen LogP contribution in [0.5, 0.6) is 11.6 Å². The number of halogens is 3. The molecule has 0 spiro atoms. The van der Waals surface area contributed by atoms with E-state index in [2.05, 4.69) is 20.2 Å². The molecular weight excluding hydrogens is 375 g/mol. The SMILES string of the molecule is COc1ccc(-n2c(-c3ccc(O)cn3)nc3cc(C(F)(F)F)ccc32)nn1. The first-order valence-electron chi connectivity index (χ1n) is 8.00. The van der Waals surface area contributed by atoms with E-state index in [1.54, 1.807) is 16.7 Å². The molecule has 142 valence electrons. The van der Waals surface area contributed by atoms with Crippen LogP contribution in [-0.2, 0) is 6.18 Å². The van der Waals surface area contributed by atoms with Crippen molar-refractivity contribution in [2.75, 3.05) is 7.11 Å². The zero-order chi connectivity index (χ0) is 19.9. The number of pyridine rings is 1. The summed E-state index contributed by atoms with van der Waals surface area (Å²) in [6.45, 7) is 0. The van der Waals surface area contributed by atoms with Gasteiger partial charge in [-0.2, -0.15) is 13.2 Å². The summed E-state index contributed by atoms with van der Waals surface area (Å²) in [5, 5.41) is 17.4. The molecule has 0 radical (unpaired) electrons. The molecule has 0 saturated carbocycles. The third-order valence-electron chi connectivity index (χ3n) is 4.02. The van der Waals surface area contributed by atoms with E-state index in [1.807, 2.05) is 0 Å². The molecular formula is C18H12F3N5O2. The second kappa shape index (κ2) is 6.48. The van der Waals surface area contributed by atoms with Gasteiger partial charge in [-0.3, -0.25) is 4.57 Å². The van der Waals surface area contributed by atoms with Crippen LogP contribution in [0, 0.1) is 0 Å². The standard InChI is InChI=1S/C18H12F3N5O2/c1-28-16-7-6-15(24-25-16)26-14-5-2-10(18(19,20)21)8-13(14)23-17(26)12-4-3-11(27)9-22-12/h2-9,27H,1H3. The van der Waals surface area contributed by atoms with Crippen molar-refractivity contribution < 1.29 is 23.0 Å². The Morgan fingerprint density at radius 1 is 1.04 bits per heavy atom. The summed E-state index contributed by atoms with van der Waals surface area (Å²) in [6.07, 6.45) is -3.27. The van der Waals surface area contributed by atoms with E-state index in [4.69, 9.17) is 4.74 Å². The summed E-state index contributed by atoms with van der Waals surface area (Å²) in [6, 6.07) is 9.36. The minimum Gasteiger partial charge on any atom is -0.506 e. The molecule has 4 aromatic rings. The molecule has 0 atom stereocenters. The van der Waals surface area contributed by atoms with Gasteiger partial charge in [-0.25, -0.2) is 9.97 Å². The Labute approximate surface area is 156 Å². The zero-order valence-corrected chi connectivity index (χ0v) is 14.3. The molecule has 1 aromatic carbocycles. The molecule has 0 amide bonds. The molecule has 1 N–H and O–H groups in total. The van der Waals surface area contributed by atoms with E-state index < -0.39 is 11.7 Å². The highest BCUT2D eigenvalue weighted by molar-refractivity contribution is 5.83. The van der Waals surface area contributed by atoms with Crippen molar-refractivity contribution >= 4 is 11.0 Å². The largest absolute Gasteiger partial charge is 0.506 e. The molecule has 7 nitrogen and oxygen atoms in total. The smallest absolute Gasteiger partial charge is 0.416 e. The number of aromatic hydroxyl groups is 1. The monoisotopic (exact) mass is 387 g/mol. The maximum absolute atomic E-state index is 13.1. The Hall–Kier alpha value is -3.69. The molecule has 0 aliphatic carbocycles. The number of imidazole rings is 1. The van der Waals surface area contributed by atoms with Gasteiger partial charge in [0.2, 0.25) is 5.88 Å². The van der Waals surface area contributed by atoms with Gasteiger partial charge >= 0.3 is 6.18 Å². The van der Waals surface area contributed by atoms with Crippen LogP contribution in [0.1, 0.15) is 5.56 Å². The minimum atomic E-state index is -4.49. The third-order valence-corrected chi connectivity index (χ3v) is 4.02. The number of ether oxygens (including phenoxy) is 1. The minimum absolute atomic E-state index is 0.0463. The molecule has 0 saturated heterocycles. The lowest BCUT2D eigenvalue weighted by Crippen LogP contribution is -2.05. The number of benzene rings is 1. The average Bonchev–Trinajstić information content (AvgIpc) is 3.06. The topological polar surface area (TPSA) is 86.0 Å². The highest BCUT2D eigenvalue weighted by Crippen LogP contribution is 2.34. The number of hydrogen-bond acceptors (Lipinski definition) is 6. The Morgan fingerprint density at radius 3 is 2.46 bits per heavy atom. The average molecular weight is 387 g/mol. The van der Waals surface area contributed by atoms with E-state index in [-0.39, 0.29) is 23.0 Å². The molecule has 0 unspecified atom stereocenters. The van der Waals surface area contributed by atoms with E-state index in [0.29, 0.717) is 17.0 Å². The van der Waals surface area contributed by atoms with Gasteiger partial charge in [0, 0.05) is 6.07 Å².